The molecule has 12 nitrogen and oxygen atoms in total. The molecule has 0 bridgehead atoms. The molecule has 0 saturated carbocycles. The van der Waals surface area contributed by atoms with Crippen LogP contribution < -0.4 is 16.8 Å². The van der Waals surface area contributed by atoms with Gasteiger partial charge in [-0.05, 0) is 44.0 Å². The van der Waals surface area contributed by atoms with E-state index in [1.165, 1.54) is 18.2 Å². The Morgan fingerprint density at radius 2 is 1.49 bits per heavy atom. The highest BCUT2D eigenvalue weighted by molar-refractivity contribution is 6.24. The summed E-state index contributed by atoms with van der Waals surface area (Å²) in [6.07, 6.45) is -6.45. The van der Waals surface area contributed by atoms with Gasteiger partial charge in [0.25, 0.3) is 5.91 Å². The van der Waals surface area contributed by atoms with Crippen molar-refractivity contribution in [2.45, 2.75) is 31.6 Å². The van der Waals surface area contributed by atoms with E-state index in [4.69, 9.17) is 36.0 Å². The van der Waals surface area contributed by atoms with Gasteiger partial charge in [0, 0.05) is 18.2 Å². The van der Waals surface area contributed by atoms with Gasteiger partial charge in [-0.15, -0.1) is 0 Å². The summed E-state index contributed by atoms with van der Waals surface area (Å²) in [6.45, 7) is 1.09. The minimum atomic E-state index is -5.08. The number of nitrogens with two attached hydrogens (primary N) is 2. The van der Waals surface area contributed by atoms with E-state index in [9.17, 15) is 45.8 Å². The summed E-state index contributed by atoms with van der Waals surface area (Å²) in [5.74, 6) is -7.34. The lowest BCUT2D eigenvalue weighted by Gasteiger charge is -2.18. The molecular formula is C23H27F6N3O9. The molecule has 1 aliphatic carbocycles. The van der Waals surface area contributed by atoms with Gasteiger partial charge >= 0.3 is 24.3 Å². The first-order chi connectivity index (χ1) is 18.9. The topological polar surface area (TPSA) is 219 Å². The number of alkyl halides is 6. The molecule has 0 fully saturated rings. The summed E-state index contributed by atoms with van der Waals surface area (Å²) in [5.41, 5.74) is 11.2. The second-order valence-electron chi connectivity index (χ2n) is 7.99. The highest BCUT2D eigenvalue weighted by Gasteiger charge is 2.39. The van der Waals surface area contributed by atoms with Gasteiger partial charge in [-0.1, -0.05) is 12.5 Å². The van der Waals surface area contributed by atoms with Crippen molar-refractivity contribution in [1.82, 2.24) is 5.32 Å². The predicted octanol–water partition coefficient (Wildman–Crippen LogP) is 1.76. The van der Waals surface area contributed by atoms with Gasteiger partial charge in [-0.2, -0.15) is 26.3 Å². The number of benzene rings is 1. The molecule has 41 heavy (non-hydrogen) atoms. The molecule has 1 unspecified atom stereocenters. The summed E-state index contributed by atoms with van der Waals surface area (Å²) in [5, 5.41) is 26.7. The first-order valence-electron chi connectivity index (χ1n) is 11.4. The van der Waals surface area contributed by atoms with Crippen molar-refractivity contribution < 1.29 is 70.4 Å². The van der Waals surface area contributed by atoms with Gasteiger partial charge in [0.15, 0.2) is 18.1 Å². The van der Waals surface area contributed by atoms with E-state index in [1.54, 1.807) is 0 Å². The Kier molecular flexibility index (Phi) is 15.1. The van der Waals surface area contributed by atoms with Crippen LogP contribution in [0.25, 0.3) is 0 Å². The summed E-state index contributed by atoms with van der Waals surface area (Å²) >= 11 is 0. The van der Waals surface area contributed by atoms with Crippen molar-refractivity contribution in [3.05, 3.63) is 41.2 Å². The van der Waals surface area contributed by atoms with E-state index in [0.717, 1.165) is 25.3 Å². The fraction of sp³-hybridized carbons (Fsp3) is 0.435. The average molecular weight is 603 g/mol. The van der Waals surface area contributed by atoms with Crippen molar-refractivity contribution in [2.75, 3.05) is 26.2 Å². The molecule has 0 radical (unpaired) electrons. The number of halogens is 6. The number of amides is 1. The zero-order valence-corrected chi connectivity index (χ0v) is 21.1. The number of aliphatic carboxylic acids is 2. The van der Waals surface area contributed by atoms with Gasteiger partial charge < -0.3 is 36.8 Å². The van der Waals surface area contributed by atoms with E-state index in [2.05, 4.69) is 5.32 Å². The zero-order valence-electron chi connectivity index (χ0n) is 21.1. The van der Waals surface area contributed by atoms with Gasteiger partial charge in [0.1, 0.15) is 5.75 Å². The van der Waals surface area contributed by atoms with Crippen LogP contribution in [0, 0.1) is 5.92 Å². The van der Waals surface area contributed by atoms with Crippen LogP contribution in [0.3, 0.4) is 0 Å². The third-order valence-corrected chi connectivity index (χ3v) is 4.85. The van der Waals surface area contributed by atoms with Crippen molar-refractivity contribution >= 4 is 29.4 Å². The van der Waals surface area contributed by atoms with Crippen LogP contribution in [0.2, 0.25) is 0 Å². The lowest BCUT2D eigenvalue weighted by atomic mass is 9.93. The van der Waals surface area contributed by atoms with E-state index in [1.807, 2.05) is 0 Å². The maximum absolute atomic E-state index is 12.4. The molecule has 8 N–H and O–H groups in total. The molecule has 230 valence electrons. The molecular weight excluding hydrogens is 576 g/mol. The van der Waals surface area contributed by atoms with Gasteiger partial charge in [-0.3, -0.25) is 14.4 Å². The SMILES string of the molecule is NCCCCC(CN)CNC(=O)COC1=CC(=O)c2c(O)cccc2C1=O.O=C(O)C(F)(F)F.O=C(O)C(F)(F)F. The van der Waals surface area contributed by atoms with Crippen LogP contribution in [-0.4, -0.2) is 83.3 Å². The Hall–Kier alpha value is -4.19. The molecule has 2 rings (SSSR count). The summed E-state index contributed by atoms with van der Waals surface area (Å²) in [6, 6.07) is 4.23. The maximum Gasteiger partial charge on any atom is 0.490 e. The number of nitrogens with one attached hydrogen (secondary N) is 1. The Bertz CT molecular complexity index is 1100. The summed E-state index contributed by atoms with van der Waals surface area (Å²) in [4.78, 5) is 54.2. The second kappa shape index (κ2) is 16.8. The number of ketones is 2. The van der Waals surface area contributed by atoms with E-state index >= 15 is 0 Å². The number of rotatable bonds is 10. The van der Waals surface area contributed by atoms with Crippen molar-refractivity contribution in [3.8, 4) is 5.75 Å². The minimum absolute atomic E-state index is 0.0532. The molecule has 0 spiro atoms. The summed E-state index contributed by atoms with van der Waals surface area (Å²) < 4.78 is 68.7. The number of Topliss-reactive ketones (excluding diaryl/α,β-unsaturated/α-hetero) is 1. The Morgan fingerprint density at radius 3 is 1.95 bits per heavy atom. The number of allylic oxidation sites excluding steroid dienone is 2. The number of unbranched alkanes of at least 4 members (excludes halogenated alkanes) is 1. The number of hydrogen-bond donors (Lipinski definition) is 6. The van der Waals surface area contributed by atoms with Crippen LogP contribution in [0.4, 0.5) is 26.3 Å². The lowest BCUT2D eigenvalue weighted by Crippen LogP contribution is -2.35. The van der Waals surface area contributed by atoms with Gasteiger partial charge in [-0.25, -0.2) is 9.59 Å². The molecule has 0 aliphatic heterocycles. The molecule has 1 amide bonds. The standard InChI is InChI=1S/C19H25N3O5.2C2HF3O2/c20-7-2-1-4-12(9-21)10-22-17(25)11-27-16-8-15(24)18-13(19(16)26)5-3-6-14(18)23;2*3-2(4,5)1(6)7/h3,5-6,8,12,23H,1-2,4,7,9-11,20-21H2,(H,22,25);2*(H,6,7). The minimum Gasteiger partial charge on any atom is -0.507 e. The molecule has 1 aliphatic rings. The molecule has 0 heterocycles. The number of phenols is 1. The van der Waals surface area contributed by atoms with Crippen LogP contribution >= 0.6 is 0 Å². The highest BCUT2D eigenvalue weighted by Crippen LogP contribution is 2.28. The smallest absolute Gasteiger partial charge is 0.490 e. The first kappa shape index (κ1) is 36.8. The quantitative estimate of drug-likeness (QED) is 0.167. The van der Waals surface area contributed by atoms with Crippen LogP contribution in [0.5, 0.6) is 5.75 Å². The number of carbonyl (C=O) groups is 5. The summed E-state index contributed by atoms with van der Waals surface area (Å²) in [7, 11) is 0. The van der Waals surface area contributed by atoms with Crippen molar-refractivity contribution in [1.29, 1.82) is 0 Å². The number of carboxylic acid groups (broad SMARTS) is 2. The average Bonchev–Trinajstić information content (AvgIpc) is 2.86. The van der Waals surface area contributed by atoms with Crippen LogP contribution in [-0.2, 0) is 19.1 Å². The van der Waals surface area contributed by atoms with E-state index in [0.29, 0.717) is 19.6 Å². The molecule has 1 aromatic rings. The fourth-order valence-electron chi connectivity index (χ4n) is 2.82. The van der Waals surface area contributed by atoms with Gasteiger partial charge in [0.2, 0.25) is 5.78 Å². The van der Waals surface area contributed by atoms with Crippen molar-refractivity contribution in [3.63, 3.8) is 0 Å². The zero-order chi connectivity index (χ0) is 32.0. The number of aromatic hydroxyl groups is 1. The van der Waals surface area contributed by atoms with Crippen LogP contribution in [0.1, 0.15) is 40.0 Å². The van der Waals surface area contributed by atoms with Gasteiger partial charge in [0.05, 0.1) is 5.56 Å². The third kappa shape index (κ3) is 13.6. The number of ether oxygens (including phenoxy) is 1. The molecule has 1 atom stereocenters. The largest absolute Gasteiger partial charge is 0.507 e. The second-order valence-corrected chi connectivity index (χ2v) is 7.99. The molecule has 0 saturated heterocycles. The Labute approximate surface area is 227 Å². The molecule has 18 heteroatoms. The number of phenolic OH excluding ortho intramolecular Hbond substituents is 1. The van der Waals surface area contributed by atoms with E-state index < -0.39 is 41.8 Å². The highest BCUT2D eigenvalue weighted by atomic mass is 19.4. The molecule has 0 aromatic heterocycles. The number of fused-ring (bicyclic) bond motifs is 1. The Morgan fingerprint density at radius 1 is 0.951 bits per heavy atom. The van der Waals surface area contributed by atoms with Crippen LogP contribution in [0.15, 0.2) is 30.0 Å². The van der Waals surface area contributed by atoms with Crippen molar-refractivity contribution in [2.24, 2.45) is 17.4 Å². The van der Waals surface area contributed by atoms with E-state index in [-0.39, 0.29) is 35.2 Å². The number of hydrogen-bond acceptors (Lipinski definition) is 9. The third-order valence-electron chi connectivity index (χ3n) is 4.85. The first-order valence-corrected chi connectivity index (χ1v) is 11.4. The number of carboxylic acids is 2. The normalized spacial score (nSPS) is 13.3. The monoisotopic (exact) mass is 603 g/mol. The predicted molar refractivity (Wildman–Crippen MR) is 127 cm³/mol. The molecule has 1 aromatic carbocycles. The Balaban J connectivity index is 0.000000941. The maximum atomic E-state index is 12.4. The lowest BCUT2D eigenvalue weighted by molar-refractivity contribution is -0.193. The fourth-order valence-corrected chi connectivity index (χ4v) is 2.82. The number of carbonyl (C=O) groups excluding carboxylic acids is 3.